The van der Waals surface area contributed by atoms with Crippen molar-refractivity contribution in [2.45, 2.75) is 45.6 Å². The maximum Gasteiger partial charge on any atom is 0.220 e. The van der Waals surface area contributed by atoms with E-state index in [4.69, 9.17) is 10.5 Å². The summed E-state index contributed by atoms with van der Waals surface area (Å²) in [5.74, 6) is 1.36. The van der Waals surface area contributed by atoms with E-state index >= 15 is 0 Å². The van der Waals surface area contributed by atoms with Crippen molar-refractivity contribution in [1.82, 2.24) is 5.32 Å². The van der Waals surface area contributed by atoms with Crippen molar-refractivity contribution in [2.75, 3.05) is 13.7 Å². The number of ether oxygens (including phenoxy) is 1. The first-order valence-corrected chi connectivity index (χ1v) is 7.53. The van der Waals surface area contributed by atoms with E-state index in [1.165, 1.54) is 0 Å². The molecule has 1 aromatic carbocycles. The highest BCUT2D eigenvalue weighted by Gasteiger charge is 2.25. The second-order valence-corrected chi connectivity index (χ2v) is 6.22. The molecular formula is C17H28N2O2. The van der Waals surface area contributed by atoms with Gasteiger partial charge in [0, 0.05) is 18.5 Å². The first-order valence-electron chi connectivity index (χ1n) is 7.53. The van der Waals surface area contributed by atoms with E-state index in [1.807, 2.05) is 31.2 Å². The van der Waals surface area contributed by atoms with E-state index in [9.17, 15) is 4.79 Å². The predicted octanol–water partition coefficient (Wildman–Crippen LogP) is 2.51. The normalized spacial score (nSPS) is 13.8. The molecule has 0 aromatic heterocycles. The number of aryl methyl sites for hydroxylation is 1. The maximum absolute atomic E-state index is 12.2. The highest BCUT2D eigenvalue weighted by molar-refractivity contribution is 5.77. The van der Waals surface area contributed by atoms with Gasteiger partial charge in [0.25, 0.3) is 0 Å². The summed E-state index contributed by atoms with van der Waals surface area (Å²) in [6.45, 7) is 6.73. The largest absolute Gasteiger partial charge is 0.496 e. The van der Waals surface area contributed by atoms with Crippen LogP contribution in [0.25, 0.3) is 0 Å². The standard InChI is InChI=1S/C17H28N2O2/c1-13(2)11-17(3,12-18)19-16(20)10-9-14-7-5-6-8-15(14)21-4/h5-8,13H,9-12,18H2,1-4H3,(H,19,20). The van der Waals surface area contributed by atoms with Gasteiger partial charge in [0.15, 0.2) is 0 Å². The molecule has 4 nitrogen and oxygen atoms in total. The molecule has 4 heteroatoms. The van der Waals surface area contributed by atoms with Crippen molar-refractivity contribution in [2.24, 2.45) is 11.7 Å². The molecule has 0 radical (unpaired) electrons. The molecule has 0 aliphatic heterocycles. The summed E-state index contributed by atoms with van der Waals surface area (Å²) in [5.41, 5.74) is 6.54. The van der Waals surface area contributed by atoms with Crippen LogP contribution in [-0.4, -0.2) is 25.1 Å². The Bertz CT molecular complexity index is 460. The molecule has 1 aromatic rings. The lowest BCUT2D eigenvalue weighted by molar-refractivity contribution is -0.122. The number of hydrogen-bond acceptors (Lipinski definition) is 3. The molecule has 21 heavy (non-hydrogen) atoms. The number of methoxy groups -OCH3 is 1. The van der Waals surface area contributed by atoms with Gasteiger partial charge < -0.3 is 15.8 Å². The van der Waals surface area contributed by atoms with Crippen LogP contribution in [0.3, 0.4) is 0 Å². The fourth-order valence-electron chi connectivity index (χ4n) is 2.64. The Morgan fingerprint density at radius 2 is 2.05 bits per heavy atom. The fourth-order valence-corrected chi connectivity index (χ4v) is 2.64. The minimum atomic E-state index is -0.327. The number of hydrogen-bond donors (Lipinski definition) is 2. The van der Waals surface area contributed by atoms with Gasteiger partial charge in [-0.1, -0.05) is 32.0 Å². The summed E-state index contributed by atoms with van der Waals surface area (Å²) in [4.78, 5) is 12.2. The predicted molar refractivity (Wildman–Crippen MR) is 86.4 cm³/mol. The summed E-state index contributed by atoms with van der Waals surface area (Å²) in [5, 5.41) is 3.08. The van der Waals surface area contributed by atoms with E-state index in [0.717, 1.165) is 17.7 Å². The number of para-hydroxylation sites is 1. The number of benzene rings is 1. The molecule has 0 heterocycles. The Morgan fingerprint density at radius 3 is 2.62 bits per heavy atom. The summed E-state index contributed by atoms with van der Waals surface area (Å²) in [7, 11) is 1.65. The van der Waals surface area contributed by atoms with Gasteiger partial charge in [-0.2, -0.15) is 0 Å². The van der Waals surface area contributed by atoms with Gasteiger partial charge in [-0.3, -0.25) is 4.79 Å². The molecule has 1 unspecified atom stereocenters. The van der Waals surface area contributed by atoms with Crippen LogP contribution in [-0.2, 0) is 11.2 Å². The molecule has 0 aliphatic rings. The molecule has 1 atom stereocenters. The minimum absolute atomic E-state index is 0.0366. The summed E-state index contributed by atoms with van der Waals surface area (Å²) in [6, 6.07) is 7.79. The zero-order chi connectivity index (χ0) is 15.9. The third-order valence-corrected chi connectivity index (χ3v) is 3.56. The first kappa shape index (κ1) is 17.5. The van der Waals surface area contributed by atoms with Gasteiger partial charge in [-0.05, 0) is 37.3 Å². The maximum atomic E-state index is 12.2. The lowest BCUT2D eigenvalue weighted by atomic mass is 9.90. The van der Waals surface area contributed by atoms with E-state index in [-0.39, 0.29) is 11.4 Å². The molecular weight excluding hydrogens is 264 g/mol. The number of amides is 1. The van der Waals surface area contributed by atoms with Crippen LogP contribution in [0.4, 0.5) is 0 Å². The molecule has 118 valence electrons. The Morgan fingerprint density at radius 1 is 1.38 bits per heavy atom. The van der Waals surface area contributed by atoms with Gasteiger partial charge in [0.05, 0.1) is 7.11 Å². The van der Waals surface area contributed by atoms with Crippen LogP contribution in [0.15, 0.2) is 24.3 Å². The summed E-state index contributed by atoms with van der Waals surface area (Å²) < 4.78 is 5.30. The zero-order valence-electron chi connectivity index (χ0n) is 13.6. The minimum Gasteiger partial charge on any atom is -0.496 e. The molecule has 1 rings (SSSR count). The van der Waals surface area contributed by atoms with Crippen molar-refractivity contribution in [3.8, 4) is 5.75 Å². The Labute approximate surface area is 128 Å². The lowest BCUT2D eigenvalue weighted by Crippen LogP contribution is -2.52. The number of carbonyl (C=O) groups is 1. The number of nitrogens with one attached hydrogen (secondary N) is 1. The SMILES string of the molecule is COc1ccccc1CCC(=O)NC(C)(CN)CC(C)C. The van der Waals surface area contributed by atoms with E-state index in [1.54, 1.807) is 7.11 Å². The van der Waals surface area contributed by atoms with Crippen molar-refractivity contribution in [1.29, 1.82) is 0 Å². The van der Waals surface area contributed by atoms with E-state index < -0.39 is 0 Å². The molecule has 0 saturated carbocycles. The summed E-state index contributed by atoms with van der Waals surface area (Å²) >= 11 is 0. The van der Waals surface area contributed by atoms with Gasteiger partial charge in [-0.15, -0.1) is 0 Å². The second kappa shape index (κ2) is 8.03. The van der Waals surface area contributed by atoms with Gasteiger partial charge in [0.2, 0.25) is 5.91 Å². The monoisotopic (exact) mass is 292 g/mol. The molecule has 1 amide bonds. The molecule has 0 aliphatic carbocycles. The second-order valence-electron chi connectivity index (χ2n) is 6.22. The average Bonchev–Trinajstić information content (AvgIpc) is 2.44. The highest BCUT2D eigenvalue weighted by Crippen LogP contribution is 2.19. The van der Waals surface area contributed by atoms with Gasteiger partial charge in [-0.25, -0.2) is 0 Å². The average molecular weight is 292 g/mol. The Hall–Kier alpha value is -1.55. The van der Waals surface area contributed by atoms with Crippen LogP contribution >= 0.6 is 0 Å². The van der Waals surface area contributed by atoms with Crippen molar-refractivity contribution in [3.63, 3.8) is 0 Å². The fraction of sp³-hybridized carbons (Fsp3) is 0.588. The van der Waals surface area contributed by atoms with E-state index in [2.05, 4.69) is 19.2 Å². The topological polar surface area (TPSA) is 64.3 Å². The van der Waals surface area contributed by atoms with Crippen LogP contribution in [0.1, 0.15) is 39.2 Å². The number of carbonyl (C=O) groups excluding carboxylic acids is 1. The zero-order valence-corrected chi connectivity index (χ0v) is 13.6. The van der Waals surface area contributed by atoms with Crippen LogP contribution in [0.2, 0.25) is 0 Å². The molecule has 0 spiro atoms. The molecule has 0 fully saturated rings. The molecule has 0 saturated heterocycles. The third kappa shape index (κ3) is 5.76. The Balaban J connectivity index is 2.57. The van der Waals surface area contributed by atoms with Gasteiger partial charge >= 0.3 is 0 Å². The first-order chi connectivity index (χ1) is 9.90. The lowest BCUT2D eigenvalue weighted by Gasteiger charge is -2.31. The van der Waals surface area contributed by atoms with Crippen LogP contribution < -0.4 is 15.8 Å². The van der Waals surface area contributed by atoms with Crippen LogP contribution in [0, 0.1) is 5.92 Å². The van der Waals surface area contributed by atoms with Crippen molar-refractivity contribution in [3.05, 3.63) is 29.8 Å². The Kier molecular flexibility index (Phi) is 6.69. The van der Waals surface area contributed by atoms with Crippen LogP contribution in [0.5, 0.6) is 5.75 Å². The van der Waals surface area contributed by atoms with Crippen molar-refractivity contribution < 1.29 is 9.53 Å². The highest BCUT2D eigenvalue weighted by atomic mass is 16.5. The molecule has 3 N–H and O–H groups in total. The summed E-state index contributed by atoms with van der Waals surface area (Å²) in [6.07, 6.45) is 1.98. The van der Waals surface area contributed by atoms with Gasteiger partial charge in [0.1, 0.15) is 5.75 Å². The smallest absolute Gasteiger partial charge is 0.220 e. The van der Waals surface area contributed by atoms with Crippen molar-refractivity contribution >= 4 is 5.91 Å². The number of nitrogens with two attached hydrogens (primary N) is 1. The number of rotatable bonds is 8. The third-order valence-electron chi connectivity index (χ3n) is 3.56. The van der Waals surface area contributed by atoms with E-state index in [0.29, 0.717) is 25.3 Å². The quantitative estimate of drug-likeness (QED) is 0.774. The molecule has 0 bridgehead atoms.